The van der Waals surface area contributed by atoms with Crippen LogP contribution in [-0.2, 0) is 16.4 Å². The molecule has 0 amide bonds. The molecule has 5 nitrogen and oxygen atoms in total. The quantitative estimate of drug-likeness (QED) is 0.551. The average molecular weight is 369 g/mol. The van der Waals surface area contributed by atoms with Gasteiger partial charge in [-0.25, -0.2) is 13.4 Å². The lowest BCUT2D eigenvalue weighted by Crippen LogP contribution is -1.99. The molecule has 3 aromatic heterocycles. The van der Waals surface area contributed by atoms with Gasteiger partial charge < -0.3 is 4.57 Å². The van der Waals surface area contributed by atoms with Crippen molar-refractivity contribution < 1.29 is 8.42 Å². The van der Waals surface area contributed by atoms with E-state index in [1.807, 2.05) is 18.3 Å². The minimum absolute atomic E-state index is 0.298. The first-order chi connectivity index (χ1) is 12.0. The fourth-order valence-corrected chi connectivity index (χ4v) is 3.99. The molecule has 0 bridgehead atoms. The van der Waals surface area contributed by atoms with E-state index in [-0.39, 0.29) is 0 Å². The molecule has 25 heavy (non-hydrogen) atoms. The summed E-state index contributed by atoms with van der Waals surface area (Å²) in [5, 5.41) is 2.06. The van der Waals surface area contributed by atoms with Gasteiger partial charge in [0, 0.05) is 22.9 Å². The molecular weight excluding hydrogens is 354 g/mol. The molecule has 0 spiro atoms. The summed E-state index contributed by atoms with van der Waals surface area (Å²) in [6.45, 7) is 0.756. The Kier molecular flexibility index (Phi) is 3.89. The lowest BCUT2D eigenvalue weighted by molar-refractivity contribution is 0.602. The summed E-state index contributed by atoms with van der Waals surface area (Å²) in [5.74, 6) is 0. The van der Waals surface area contributed by atoms with Crippen LogP contribution in [0.5, 0.6) is 0 Å². The second-order valence-corrected chi connectivity index (χ2v) is 8.83. The van der Waals surface area contributed by atoms with Crippen molar-refractivity contribution in [3.05, 3.63) is 65.1 Å². The molecule has 126 valence electrons. The summed E-state index contributed by atoms with van der Waals surface area (Å²) in [4.78, 5) is 10.8. The SMILES string of the molecule is CS(=O)(=O)c1ccc(-c2cnc3ccn(Cc4cccs4)c3n2)cc1. The summed E-state index contributed by atoms with van der Waals surface area (Å²) in [5.41, 5.74) is 3.22. The number of hydrogen-bond donors (Lipinski definition) is 0. The molecule has 0 saturated heterocycles. The van der Waals surface area contributed by atoms with E-state index < -0.39 is 9.84 Å². The second kappa shape index (κ2) is 6.09. The molecule has 4 aromatic rings. The highest BCUT2D eigenvalue weighted by atomic mass is 32.2. The third kappa shape index (κ3) is 3.20. The van der Waals surface area contributed by atoms with E-state index in [1.165, 1.54) is 11.1 Å². The van der Waals surface area contributed by atoms with Crippen molar-refractivity contribution in [2.75, 3.05) is 6.26 Å². The van der Waals surface area contributed by atoms with Crippen LogP contribution in [0.3, 0.4) is 0 Å². The topological polar surface area (TPSA) is 64.8 Å². The summed E-state index contributed by atoms with van der Waals surface area (Å²) < 4.78 is 25.2. The van der Waals surface area contributed by atoms with Gasteiger partial charge in [0.1, 0.15) is 5.52 Å². The normalized spacial score (nSPS) is 11.9. The Balaban J connectivity index is 1.73. The number of rotatable bonds is 4. The Morgan fingerprint density at radius 1 is 1.12 bits per heavy atom. The highest BCUT2D eigenvalue weighted by molar-refractivity contribution is 7.90. The maximum absolute atomic E-state index is 11.6. The Bertz CT molecular complexity index is 1130. The standard InChI is InChI=1S/C18H15N3O2S2/c1-25(22,23)15-6-4-13(5-7-15)17-11-19-16-8-9-21(18(16)20-17)12-14-3-2-10-24-14/h2-11H,12H2,1H3. The van der Waals surface area contributed by atoms with Crippen LogP contribution in [0.4, 0.5) is 0 Å². The number of aromatic nitrogens is 3. The van der Waals surface area contributed by atoms with Gasteiger partial charge in [-0.2, -0.15) is 0 Å². The van der Waals surface area contributed by atoms with Gasteiger partial charge in [-0.05, 0) is 29.6 Å². The van der Waals surface area contributed by atoms with Crippen molar-refractivity contribution in [3.63, 3.8) is 0 Å². The van der Waals surface area contributed by atoms with Gasteiger partial charge in [-0.15, -0.1) is 11.3 Å². The largest absolute Gasteiger partial charge is 0.326 e. The van der Waals surface area contributed by atoms with Gasteiger partial charge in [-0.1, -0.05) is 18.2 Å². The molecule has 0 fully saturated rings. The van der Waals surface area contributed by atoms with E-state index in [2.05, 4.69) is 21.0 Å². The monoisotopic (exact) mass is 369 g/mol. The van der Waals surface area contributed by atoms with Gasteiger partial charge in [0.25, 0.3) is 0 Å². The van der Waals surface area contributed by atoms with Crippen LogP contribution >= 0.6 is 11.3 Å². The summed E-state index contributed by atoms with van der Waals surface area (Å²) >= 11 is 1.71. The van der Waals surface area contributed by atoms with Crippen molar-refractivity contribution in [2.45, 2.75) is 11.4 Å². The van der Waals surface area contributed by atoms with Gasteiger partial charge in [0.2, 0.25) is 0 Å². The predicted octanol–water partition coefficient (Wildman–Crippen LogP) is 3.61. The second-order valence-electron chi connectivity index (χ2n) is 5.78. The van der Waals surface area contributed by atoms with Gasteiger partial charge in [-0.3, -0.25) is 4.98 Å². The number of sulfone groups is 1. The third-order valence-corrected chi connectivity index (χ3v) is 5.94. The van der Waals surface area contributed by atoms with Crippen LogP contribution in [0.1, 0.15) is 4.88 Å². The van der Waals surface area contributed by atoms with Crippen LogP contribution in [0.25, 0.3) is 22.4 Å². The zero-order valence-electron chi connectivity index (χ0n) is 13.5. The molecule has 4 rings (SSSR count). The van der Waals surface area contributed by atoms with Crippen LogP contribution in [0.15, 0.2) is 65.1 Å². The van der Waals surface area contributed by atoms with Crippen molar-refractivity contribution in [1.82, 2.24) is 14.5 Å². The van der Waals surface area contributed by atoms with Crippen LogP contribution in [0, 0.1) is 0 Å². The Hall–Kier alpha value is -2.51. The lowest BCUT2D eigenvalue weighted by Gasteiger charge is -2.06. The van der Waals surface area contributed by atoms with Crippen molar-refractivity contribution >= 4 is 32.3 Å². The van der Waals surface area contributed by atoms with E-state index in [4.69, 9.17) is 4.98 Å². The Morgan fingerprint density at radius 3 is 2.60 bits per heavy atom. The number of nitrogens with zero attached hydrogens (tertiary/aromatic N) is 3. The fraction of sp³-hybridized carbons (Fsp3) is 0.111. The first kappa shape index (κ1) is 16.0. The van der Waals surface area contributed by atoms with Gasteiger partial charge in [0.15, 0.2) is 15.5 Å². The number of benzene rings is 1. The van der Waals surface area contributed by atoms with Crippen molar-refractivity contribution in [1.29, 1.82) is 0 Å². The Morgan fingerprint density at radius 2 is 1.92 bits per heavy atom. The molecule has 0 aliphatic carbocycles. The molecule has 0 unspecified atom stereocenters. The molecule has 3 heterocycles. The van der Waals surface area contributed by atoms with Crippen LogP contribution < -0.4 is 0 Å². The minimum atomic E-state index is -3.20. The Labute approximate surface area is 149 Å². The molecule has 0 atom stereocenters. The van der Waals surface area contributed by atoms with E-state index >= 15 is 0 Å². The first-order valence-electron chi connectivity index (χ1n) is 7.65. The minimum Gasteiger partial charge on any atom is -0.326 e. The zero-order chi connectivity index (χ0) is 17.4. The van der Waals surface area contributed by atoms with E-state index in [0.29, 0.717) is 4.90 Å². The first-order valence-corrected chi connectivity index (χ1v) is 10.4. The van der Waals surface area contributed by atoms with Crippen molar-refractivity contribution in [3.8, 4) is 11.3 Å². The molecule has 0 radical (unpaired) electrons. The van der Waals surface area contributed by atoms with E-state index in [1.54, 1.807) is 41.8 Å². The summed E-state index contributed by atoms with van der Waals surface area (Å²) in [6, 6.07) is 12.8. The molecule has 1 aromatic carbocycles. The molecule has 0 saturated carbocycles. The molecular formula is C18H15N3O2S2. The number of thiophene rings is 1. The fourth-order valence-electron chi connectivity index (χ4n) is 2.66. The predicted molar refractivity (Wildman–Crippen MR) is 99.5 cm³/mol. The van der Waals surface area contributed by atoms with E-state index in [0.717, 1.165) is 29.0 Å². The smallest absolute Gasteiger partial charge is 0.175 e. The highest BCUT2D eigenvalue weighted by Crippen LogP contribution is 2.22. The lowest BCUT2D eigenvalue weighted by atomic mass is 10.2. The van der Waals surface area contributed by atoms with Gasteiger partial charge >= 0.3 is 0 Å². The summed E-state index contributed by atoms with van der Waals surface area (Å²) in [7, 11) is -3.20. The van der Waals surface area contributed by atoms with Crippen LogP contribution in [-0.4, -0.2) is 29.2 Å². The molecule has 0 N–H and O–H groups in total. The number of fused-ring (bicyclic) bond motifs is 1. The van der Waals surface area contributed by atoms with Crippen molar-refractivity contribution in [2.24, 2.45) is 0 Å². The average Bonchev–Trinajstić information content (AvgIpc) is 3.24. The van der Waals surface area contributed by atoms with Gasteiger partial charge in [0.05, 0.1) is 23.3 Å². The highest BCUT2D eigenvalue weighted by Gasteiger charge is 2.10. The maximum atomic E-state index is 11.6. The molecule has 7 heteroatoms. The molecule has 0 aliphatic rings. The zero-order valence-corrected chi connectivity index (χ0v) is 15.1. The van der Waals surface area contributed by atoms with E-state index in [9.17, 15) is 8.42 Å². The summed E-state index contributed by atoms with van der Waals surface area (Å²) in [6.07, 6.45) is 4.90. The maximum Gasteiger partial charge on any atom is 0.175 e. The third-order valence-electron chi connectivity index (χ3n) is 3.95. The van der Waals surface area contributed by atoms with Crippen LogP contribution in [0.2, 0.25) is 0 Å². The number of hydrogen-bond acceptors (Lipinski definition) is 5. The molecule has 0 aliphatic heterocycles.